The summed E-state index contributed by atoms with van der Waals surface area (Å²) in [7, 11) is 1.97. The highest BCUT2D eigenvalue weighted by Crippen LogP contribution is 2.32. The van der Waals surface area contributed by atoms with Crippen LogP contribution in [0.15, 0.2) is 36.4 Å². The Morgan fingerprint density at radius 3 is 2.47 bits per heavy atom. The summed E-state index contributed by atoms with van der Waals surface area (Å²) < 4.78 is 40.2. The number of benzene rings is 1. The maximum absolute atomic E-state index is 13.2. The standard InChI is InChI=1S/C14H7ClF3N3O.C7H13NO2/c15-9-3-1-8(2-4-9)11-6-12(14(16,17)18)21-13(19-11)5-10(7-22)20-21;1-8-4-2-3-6(5-8)7(9)10/h1-7H;6H,2-5H2,1H3,(H,9,10). The third-order valence-corrected chi connectivity index (χ3v) is 5.22. The zero-order valence-electron chi connectivity index (χ0n) is 17.0. The van der Waals surface area contributed by atoms with E-state index < -0.39 is 17.8 Å². The van der Waals surface area contributed by atoms with Crippen LogP contribution < -0.4 is 0 Å². The van der Waals surface area contributed by atoms with Gasteiger partial charge in [0.2, 0.25) is 0 Å². The van der Waals surface area contributed by atoms with E-state index in [2.05, 4.69) is 15.0 Å². The summed E-state index contributed by atoms with van der Waals surface area (Å²) in [5.41, 5.74) is -0.580. The number of carboxylic acids is 1. The Kier molecular flexibility index (Phi) is 7.15. The lowest BCUT2D eigenvalue weighted by Gasteiger charge is -2.26. The number of carbonyl (C=O) groups excluding carboxylic acids is 1. The summed E-state index contributed by atoms with van der Waals surface area (Å²) in [5.74, 6) is -0.773. The van der Waals surface area contributed by atoms with Crippen molar-refractivity contribution in [2.75, 3.05) is 20.1 Å². The van der Waals surface area contributed by atoms with Crippen molar-refractivity contribution >= 4 is 29.5 Å². The molecule has 32 heavy (non-hydrogen) atoms. The number of aldehydes is 1. The van der Waals surface area contributed by atoms with Gasteiger partial charge in [-0.05, 0) is 44.6 Å². The molecule has 11 heteroatoms. The lowest BCUT2D eigenvalue weighted by molar-refractivity contribution is -0.144. The van der Waals surface area contributed by atoms with Gasteiger partial charge in [-0.2, -0.15) is 18.3 Å². The molecule has 2 aromatic heterocycles. The quantitative estimate of drug-likeness (QED) is 0.577. The first-order valence-electron chi connectivity index (χ1n) is 9.69. The van der Waals surface area contributed by atoms with Gasteiger partial charge in [-0.25, -0.2) is 9.50 Å². The largest absolute Gasteiger partial charge is 0.481 e. The monoisotopic (exact) mass is 468 g/mol. The molecule has 0 radical (unpaired) electrons. The molecule has 4 rings (SSSR count). The van der Waals surface area contributed by atoms with E-state index in [-0.39, 0.29) is 23.0 Å². The van der Waals surface area contributed by atoms with E-state index in [1.54, 1.807) is 24.3 Å². The Balaban J connectivity index is 0.000000243. The molecule has 1 fully saturated rings. The molecule has 0 aliphatic carbocycles. The average molecular weight is 469 g/mol. The number of likely N-dealkylation sites (tertiary alicyclic amines) is 1. The number of aliphatic carboxylic acids is 1. The number of nitrogens with zero attached hydrogens (tertiary/aromatic N) is 4. The van der Waals surface area contributed by atoms with E-state index in [4.69, 9.17) is 16.7 Å². The van der Waals surface area contributed by atoms with Crippen LogP contribution in [0.4, 0.5) is 13.2 Å². The van der Waals surface area contributed by atoms with Crippen LogP contribution in [0.5, 0.6) is 0 Å². The van der Waals surface area contributed by atoms with E-state index in [1.165, 1.54) is 6.07 Å². The number of halogens is 4. The van der Waals surface area contributed by atoms with Gasteiger partial charge in [-0.3, -0.25) is 9.59 Å². The van der Waals surface area contributed by atoms with Crippen molar-refractivity contribution in [2.24, 2.45) is 5.92 Å². The molecule has 0 amide bonds. The van der Waals surface area contributed by atoms with Gasteiger partial charge in [0, 0.05) is 23.2 Å². The summed E-state index contributed by atoms with van der Waals surface area (Å²) in [6.45, 7) is 1.76. The summed E-state index contributed by atoms with van der Waals surface area (Å²) in [5, 5.41) is 12.7. The molecule has 3 heterocycles. The van der Waals surface area contributed by atoms with Crippen molar-refractivity contribution in [2.45, 2.75) is 19.0 Å². The van der Waals surface area contributed by atoms with Gasteiger partial charge in [0.25, 0.3) is 0 Å². The Morgan fingerprint density at radius 1 is 1.25 bits per heavy atom. The predicted molar refractivity (Wildman–Crippen MR) is 112 cm³/mol. The van der Waals surface area contributed by atoms with Crippen LogP contribution in [-0.4, -0.2) is 57.0 Å². The summed E-state index contributed by atoms with van der Waals surface area (Å²) in [6, 6.07) is 8.34. The maximum Gasteiger partial charge on any atom is 0.433 e. The first-order valence-corrected chi connectivity index (χ1v) is 10.1. The van der Waals surface area contributed by atoms with E-state index in [0.717, 1.165) is 32.0 Å². The van der Waals surface area contributed by atoms with Crippen LogP contribution in [0.2, 0.25) is 5.02 Å². The highest BCUT2D eigenvalue weighted by atomic mass is 35.5. The third-order valence-electron chi connectivity index (χ3n) is 4.97. The number of rotatable bonds is 3. The first-order chi connectivity index (χ1) is 15.1. The van der Waals surface area contributed by atoms with Crippen LogP contribution in [0.3, 0.4) is 0 Å². The van der Waals surface area contributed by atoms with Crippen LogP contribution in [0.25, 0.3) is 16.9 Å². The SMILES string of the molecule is CN1CCCC(C(=O)O)C1.O=Cc1cc2nc(-c3ccc(Cl)cc3)cc(C(F)(F)F)n2n1. The van der Waals surface area contributed by atoms with Gasteiger partial charge < -0.3 is 10.0 Å². The summed E-state index contributed by atoms with van der Waals surface area (Å²) in [4.78, 5) is 27.4. The lowest BCUT2D eigenvalue weighted by atomic mass is 9.99. The number of alkyl halides is 3. The molecule has 1 N–H and O–H groups in total. The number of carbonyl (C=O) groups is 2. The number of fused-ring (bicyclic) bond motifs is 1. The minimum atomic E-state index is -4.63. The maximum atomic E-state index is 13.2. The van der Waals surface area contributed by atoms with Gasteiger partial charge in [0.05, 0.1) is 11.6 Å². The molecule has 1 unspecified atom stereocenters. The van der Waals surface area contributed by atoms with Crippen molar-refractivity contribution in [1.82, 2.24) is 19.5 Å². The number of hydrogen-bond acceptors (Lipinski definition) is 5. The van der Waals surface area contributed by atoms with E-state index in [1.807, 2.05) is 7.05 Å². The Hall–Kier alpha value is -2.98. The second-order valence-electron chi connectivity index (χ2n) is 7.43. The average Bonchev–Trinajstić information content (AvgIpc) is 3.16. The second kappa shape index (κ2) is 9.66. The van der Waals surface area contributed by atoms with E-state index in [0.29, 0.717) is 21.4 Å². The van der Waals surface area contributed by atoms with Gasteiger partial charge >= 0.3 is 12.1 Å². The van der Waals surface area contributed by atoms with Crippen molar-refractivity contribution in [3.05, 3.63) is 52.8 Å². The molecule has 1 atom stereocenters. The van der Waals surface area contributed by atoms with Crippen LogP contribution in [0.1, 0.15) is 29.0 Å². The number of hydrogen-bond donors (Lipinski definition) is 1. The fourth-order valence-corrected chi connectivity index (χ4v) is 3.51. The van der Waals surface area contributed by atoms with Gasteiger partial charge in [0.15, 0.2) is 17.6 Å². The first kappa shape index (κ1) is 23.7. The molecule has 1 aliphatic heterocycles. The molecule has 0 saturated carbocycles. The van der Waals surface area contributed by atoms with Crippen molar-refractivity contribution < 1.29 is 27.9 Å². The molecular formula is C21H20ClF3N4O3. The highest BCUT2D eigenvalue weighted by molar-refractivity contribution is 6.30. The minimum absolute atomic E-state index is 0.0538. The molecule has 1 saturated heterocycles. The molecular weight excluding hydrogens is 449 g/mol. The molecule has 0 bridgehead atoms. The smallest absolute Gasteiger partial charge is 0.433 e. The van der Waals surface area contributed by atoms with Gasteiger partial charge in [-0.15, -0.1) is 0 Å². The van der Waals surface area contributed by atoms with Crippen molar-refractivity contribution in [1.29, 1.82) is 0 Å². The summed E-state index contributed by atoms with van der Waals surface area (Å²) >= 11 is 5.77. The van der Waals surface area contributed by atoms with Crippen molar-refractivity contribution in [3.8, 4) is 11.3 Å². The highest BCUT2D eigenvalue weighted by Gasteiger charge is 2.35. The Labute approximate surface area is 186 Å². The van der Waals surface area contributed by atoms with Gasteiger partial charge in [-0.1, -0.05) is 23.7 Å². The molecule has 1 aromatic carbocycles. The lowest BCUT2D eigenvalue weighted by Crippen LogP contribution is -2.35. The fraction of sp³-hybridized carbons (Fsp3) is 0.333. The predicted octanol–water partition coefficient (Wildman–Crippen LogP) is 4.29. The van der Waals surface area contributed by atoms with E-state index >= 15 is 0 Å². The normalized spacial score (nSPS) is 17.0. The molecule has 0 spiro atoms. The zero-order valence-corrected chi connectivity index (χ0v) is 17.8. The van der Waals surface area contributed by atoms with Crippen LogP contribution in [0, 0.1) is 5.92 Å². The molecule has 1 aliphatic rings. The summed E-state index contributed by atoms with van der Waals surface area (Å²) in [6.07, 6.45) is -2.39. The third kappa shape index (κ3) is 5.63. The second-order valence-corrected chi connectivity index (χ2v) is 7.86. The molecule has 170 valence electrons. The zero-order chi connectivity index (χ0) is 23.5. The van der Waals surface area contributed by atoms with Crippen LogP contribution >= 0.6 is 11.6 Å². The Bertz CT molecular complexity index is 1120. The molecule has 3 aromatic rings. The number of piperidine rings is 1. The topological polar surface area (TPSA) is 87.8 Å². The number of carboxylic acid groups (broad SMARTS) is 1. The minimum Gasteiger partial charge on any atom is -0.481 e. The van der Waals surface area contributed by atoms with Crippen molar-refractivity contribution in [3.63, 3.8) is 0 Å². The van der Waals surface area contributed by atoms with Gasteiger partial charge in [0.1, 0.15) is 5.69 Å². The van der Waals surface area contributed by atoms with E-state index in [9.17, 15) is 22.8 Å². The van der Waals surface area contributed by atoms with Crippen LogP contribution in [-0.2, 0) is 11.0 Å². The number of aromatic nitrogens is 3. The fourth-order valence-electron chi connectivity index (χ4n) is 3.39. The molecule has 7 nitrogen and oxygen atoms in total. The Morgan fingerprint density at radius 2 is 1.94 bits per heavy atom.